The first-order chi connectivity index (χ1) is 10.1. The van der Waals surface area contributed by atoms with Crippen LogP contribution < -0.4 is 16.9 Å². The van der Waals surface area contributed by atoms with Crippen LogP contribution in [0.4, 0.5) is 0 Å². The maximum absolute atomic E-state index is 5.75. The van der Waals surface area contributed by atoms with Crippen molar-refractivity contribution in [3.63, 3.8) is 0 Å². The molecule has 0 aliphatic rings. The van der Waals surface area contributed by atoms with E-state index in [2.05, 4.69) is 0 Å². The average Bonchev–Trinajstić information content (AvgIpc) is 2.46. The third kappa shape index (κ3) is 4.41. The van der Waals surface area contributed by atoms with E-state index in [0.29, 0.717) is 0 Å². The lowest BCUT2D eigenvalue weighted by molar-refractivity contribution is 0.129. The average molecular weight is 284 g/mol. The molecule has 2 aromatic carbocycles. The van der Waals surface area contributed by atoms with Gasteiger partial charge in [0.2, 0.25) is 0 Å². The summed E-state index contributed by atoms with van der Waals surface area (Å²) in [4.78, 5) is 0. The third-order valence-corrected chi connectivity index (χ3v) is 2.98. The van der Waals surface area contributed by atoms with Crippen molar-refractivity contribution in [3.05, 3.63) is 54.6 Å². The van der Waals surface area contributed by atoms with Crippen molar-refractivity contribution in [2.75, 3.05) is 0 Å². The van der Waals surface area contributed by atoms with E-state index in [-0.39, 0.29) is 0 Å². The van der Waals surface area contributed by atoms with Crippen LogP contribution in [0.2, 0.25) is 0 Å². The molecular formula is C16H21BN2O2. The molecule has 0 aromatic heterocycles. The Balaban J connectivity index is 2.40. The molecule has 2 unspecified atom stereocenters. The zero-order valence-electron chi connectivity index (χ0n) is 12.4. The lowest BCUT2D eigenvalue weighted by atomic mass is 9.74. The van der Waals surface area contributed by atoms with E-state index in [0.717, 1.165) is 16.6 Å². The van der Waals surface area contributed by atoms with E-state index in [1.54, 1.807) is 13.8 Å². The Kier molecular flexibility index (Phi) is 5.53. The first kappa shape index (κ1) is 15.7. The lowest BCUT2D eigenvalue weighted by Crippen LogP contribution is -2.46. The van der Waals surface area contributed by atoms with Gasteiger partial charge in [0.1, 0.15) is 0 Å². The zero-order chi connectivity index (χ0) is 15.2. The monoisotopic (exact) mass is 284 g/mol. The van der Waals surface area contributed by atoms with Crippen LogP contribution >= 0.6 is 0 Å². The van der Waals surface area contributed by atoms with Gasteiger partial charge in [0.05, 0.1) is 12.5 Å². The Hall–Kier alpha value is -1.66. The molecule has 0 spiro atoms. The van der Waals surface area contributed by atoms with Gasteiger partial charge in [-0.1, -0.05) is 54.6 Å². The second kappa shape index (κ2) is 7.38. The summed E-state index contributed by atoms with van der Waals surface area (Å²) in [5.74, 6) is 0. The first-order valence-corrected chi connectivity index (χ1v) is 7.04. The Morgan fingerprint density at radius 2 is 1.33 bits per heavy atom. The Labute approximate surface area is 126 Å². The SMILES string of the molecule is CC(N)OB(OC(C)N)c1ccccc1-c1ccccc1. The molecule has 0 aliphatic heterocycles. The lowest BCUT2D eigenvalue weighted by Gasteiger charge is -2.21. The standard InChI is InChI=1S/C16H21BN2O2/c1-12(18)20-17(21-13(2)19)16-11-7-6-10-15(16)14-8-4-3-5-9-14/h3-13H,18-19H2,1-2H3. The van der Waals surface area contributed by atoms with E-state index in [4.69, 9.17) is 20.8 Å². The van der Waals surface area contributed by atoms with Gasteiger partial charge >= 0.3 is 7.12 Å². The van der Waals surface area contributed by atoms with E-state index >= 15 is 0 Å². The topological polar surface area (TPSA) is 70.5 Å². The molecule has 4 N–H and O–H groups in total. The van der Waals surface area contributed by atoms with E-state index in [1.807, 2.05) is 54.6 Å². The van der Waals surface area contributed by atoms with Crippen molar-refractivity contribution >= 4 is 12.6 Å². The van der Waals surface area contributed by atoms with Crippen LogP contribution in [0, 0.1) is 0 Å². The van der Waals surface area contributed by atoms with Crippen LogP contribution in [0.5, 0.6) is 0 Å². The summed E-state index contributed by atoms with van der Waals surface area (Å²) in [5, 5.41) is 0. The highest BCUT2D eigenvalue weighted by Crippen LogP contribution is 2.18. The molecule has 0 aliphatic carbocycles. The molecule has 0 amide bonds. The third-order valence-electron chi connectivity index (χ3n) is 2.98. The highest BCUT2D eigenvalue weighted by Gasteiger charge is 2.27. The molecule has 0 saturated heterocycles. The van der Waals surface area contributed by atoms with Crippen molar-refractivity contribution in [1.82, 2.24) is 0 Å². The minimum absolute atomic E-state index is 0.447. The molecule has 2 atom stereocenters. The number of hydrogen-bond donors (Lipinski definition) is 2. The smallest absolute Gasteiger partial charge is 0.392 e. The summed E-state index contributed by atoms with van der Waals surface area (Å²) >= 11 is 0. The van der Waals surface area contributed by atoms with Crippen LogP contribution in [-0.4, -0.2) is 19.6 Å². The molecule has 5 heteroatoms. The Morgan fingerprint density at radius 1 is 0.810 bits per heavy atom. The van der Waals surface area contributed by atoms with Crippen LogP contribution in [0.1, 0.15) is 13.8 Å². The van der Waals surface area contributed by atoms with E-state index in [1.165, 1.54) is 0 Å². The first-order valence-electron chi connectivity index (χ1n) is 7.04. The van der Waals surface area contributed by atoms with Gasteiger partial charge in [0.25, 0.3) is 0 Å². The van der Waals surface area contributed by atoms with Crippen LogP contribution in [0.25, 0.3) is 11.1 Å². The largest absolute Gasteiger partial charge is 0.496 e. The van der Waals surface area contributed by atoms with Gasteiger partial charge < -0.3 is 20.8 Å². The molecule has 0 radical (unpaired) electrons. The molecule has 21 heavy (non-hydrogen) atoms. The van der Waals surface area contributed by atoms with Crippen molar-refractivity contribution in [3.8, 4) is 11.1 Å². The molecule has 2 aromatic rings. The second-order valence-electron chi connectivity index (χ2n) is 4.97. The Bertz CT molecular complexity index is 551. The minimum Gasteiger partial charge on any atom is -0.392 e. The van der Waals surface area contributed by atoms with Crippen LogP contribution in [0.15, 0.2) is 54.6 Å². The van der Waals surface area contributed by atoms with Gasteiger partial charge in [-0.15, -0.1) is 0 Å². The van der Waals surface area contributed by atoms with Crippen LogP contribution in [-0.2, 0) is 9.31 Å². The fourth-order valence-electron chi connectivity index (χ4n) is 2.15. The van der Waals surface area contributed by atoms with E-state index < -0.39 is 19.6 Å². The molecule has 0 saturated carbocycles. The van der Waals surface area contributed by atoms with Gasteiger partial charge in [-0.2, -0.15) is 0 Å². The summed E-state index contributed by atoms with van der Waals surface area (Å²) in [6.45, 7) is 3.53. The van der Waals surface area contributed by atoms with Crippen molar-refractivity contribution in [2.45, 2.75) is 26.3 Å². The normalized spacial score (nSPS) is 13.7. The molecule has 4 nitrogen and oxygen atoms in total. The van der Waals surface area contributed by atoms with Crippen molar-refractivity contribution in [2.24, 2.45) is 11.5 Å². The van der Waals surface area contributed by atoms with Gasteiger partial charge in [-0.3, -0.25) is 0 Å². The summed E-state index contributed by atoms with van der Waals surface area (Å²) in [7, 11) is -0.596. The van der Waals surface area contributed by atoms with E-state index in [9.17, 15) is 0 Å². The molecule has 0 fully saturated rings. The highest BCUT2D eigenvalue weighted by molar-refractivity contribution is 6.63. The molecule has 0 bridgehead atoms. The van der Waals surface area contributed by atoms with Crippen LogP contribution in [0.3, 0.4) is 0 Å². The number of hydrogen-bond acceptors (Lipinski definition) is 4. The number of nitrogens with two attached hydrogens (primary N) is 2. The van der Waals surface area contributed by atoms with Gasteiger partial charge in [0, 0.05) is 0 Å². The summed E-state index contributed by atoms with van der Waals surface area (Å²) in [5.41, 5.74) is 14.6. The second-order valence-corrected chi connectivity index (χ2v) is 4.97. The maximum Gasteiger partial charge on any atom is 0.496 e. The predicted octanol–water partition coefficient (Wildman–Crippen LogP) is 1.69. The fraction of sp³-hybridized carbons (Fsp3) is 0.250. The number of benzene rings is 2. The Morgan fingerprint density at radius 3 is 1.90 bits per heavy atom. The summed E-state index contributed by atoms with van der Waals surface area (Å²) in [6, 6.07) is 18.0. The molecule has 0 heterocycles. The van der Waals surface area contributed by atoms with Gasteiger partial charge in [0.15, 0.2) is 0 Å². The summed E-state index contributed by atoms with van der Waals surface area (Å²) < 4.78 is 11.4. The molecular weight excluding hydrogens is 263 g/mol. The molecule has 110 valence electrons. The highest BCUT2D eigenvalue weighted by atomic mass is 16.6. The van der Waals surface area contributed by atoms with Crippen molar-refractivity contribution in [1.29, 1.82) is 0 Å². The quantitative estimate of drug-likeness (QED) is 0.625. The minimum atomic E-state index is -0.596. The fourth-order valence-corrected chi connectivity index (χ4v) is 2.15. The summed E-state index contributed by atoms with van der Waals surface area (Å²) in [6.07, 6.45) is -0.893. The van der Waals surface area contributed by atoms with Gasteiger partial charge in [-0.25, -0.2) is 0 Å². The number of rotatable bonds is 6. The van der Waals surface area contributed by atoms with Gasteiger partial charge in [-0.05, 0) is 30.4 Å². The molecule has 2 rings (SSSR count). The zero-order valence-corrected chi connectivity index (χ0v) is 12.4. The van der Waals surface area contributed by atoms with Crippen molar-refractivity contribution < 1.29 is 9.31 Å². The predicted molar refractivity (Wildman–Crippen MR) is 86.7 cm³/mol. The maximum atomic E-state index is 5.75.